The maximum Gasteiger partial charge on any atom is 0.245 e. The molecule has 0 bridgehead atoms. The van der Waals surface area contributed by atoms with E-state index in [1.165, 1.54) is 12.8 Å². The Kier molecular flexibility index (Phi) is 5.71. The lowest BCUT2D eigenvalue weighted by molar-refractivity contribution is -0.128. The molecule has 1 amide bonds. The molecule has 1 aromatic carbocycles. The third-order valence-electron chi connectivity index (χ3n) is 5.41. The Balaban J connectivity index is 1.68. The lowest BCUT2D eigenvalue weighted by atomic mass is 9.87. The van der Waals surface area contributed by atoms with Crippen LogP contribution in [0, 0.1) is 5.92 Å². The van der Waals surface area contributed by atoms with Crippen molar-refractivity contribution in [2.45, 2.75) is 38.6 Å². The average Bonchev–Trinajstić information content (AvgIpc) is 2.98. The first-order valence-corrected chi connectivity index (χ1v) is 10.4. The number of carbonyl (C=O) groups excluding carboxylic acids is 1. The molecule has 3 heterocycles. The van der Waals surface area contributed by atoms with Crippen molar-refractivity contribution in [1.82, 2.24) is 20.2 Å². The van der Waals surface area contributed by atoms with E-state index < -0.39 is 5.92 Å². The van der Waals surface area contributed by atoms with Crippen LogP contribution in [0.15, 0.2) is 35.5 Å². The fraction of sp³-hybridized carbons (Fsp3) is 0.450. The van der Waals surface area contributed by atoms with Gasteiger partial charge in [-0.15, -0.1) is 0 Å². The number of hydrogen-bond acceptors (Lipinski definition) is 4. The van der Waals surface area contributed by atoms with Gasteiger partial charge in [-0.3, -0.25) is 10.2 Å². The van der Waals surface area contributed by atoms with Crippen LogP contribution >= 0.6 is 23.2 Å². The predicted octanol–water partition coefficient (Wildman–Crippen LogP) is 4.41. The Bertz CT molecular complexity index is 902. The van der Waals surface area contributed by atoms with Gasteiger partial charge in [-0.2, -0.15) is 5.10 Å². The highest BCUT2D eigenvalue weighted by Crippen LogP contribution is 2.38. The van der Waals surface area contributed by atoms with E-state index >= 15 is 0 Å². The van der Waals surface area contributed by atoms with Gasteiger partial charge in [0.15, 0.2) is 5.82 Å². The first-order chi connectivity index (χ1) is 13.5. The number of amides is 1. The number of benzene rings is 1. The number of nitrogens with one attached hydrogen (secondary N) is 1. The molecule has 6 nitrogen and oxygen atoms in total. The van der Waals surface area contributed by atoms with E-state index in [0.717, 1.165) is 43.0 Å². The molecule has 8 heteroatoms. The molecule has 2 unspecified atom stereocenters. The van der Waals surface area contributed by atoms with Gasteiger partial charge >= 0.3 is 0 Å². The third kappa shape index (κ3) is 3.81. The van der Waals surface area contributed by atoms with Crippen LogP contribution < -0.4 is 5.43 Å². The highest BCUT2D eigenvalue weighted by atomic mass is 35.5. The van der Waals surface area contributed by atoms with Gasteiger partial charge in [0, 0.05) is 24.9 Å². The number of hydrogen-bond donors (Lipinski definition) is 1. The first-order valence-electron chi connectivity index (χ1n) is 9.63. The van der Waals surface area contributed by atoms with Gasteiger partial charge in [0.05, 0.1) is 22.3 Å². The fourth-order valence-electron chi connectivity index (χ4n) is 4.00. The Labute approximate surface area is 174 Å². The second kappa shape index (κ2) is 8.23. The van der Waals surface area contributed by atoms with Crippen molar-refractivity contribution < 1.29 is 4.79 Å². The highest BCUT2D eigenvalue weighted by molar-refractivity contribution is 6.42. The number of aliphatic imine (C=N–C) groups is 1. The van der Waals surface area contributed by atoms with Crippen LogP contribution in [0.5, 0.6) is 0 Å². The summed E-state index contributed by atoms with van der Waals surface area (Å²) in [5.41, 5.74) is 4.76. The Morgan fingerprint density at radius 1 is 1.11 bits per heavy atom. The number of rotatable bonds is 3. The summed E-state index contributed by atoms with van der Waals surface area (Å²) in [4.78, 5) is 17.9. The Hall–Kier alpha value is -1.89. The van der Waals surface area contributed by atoms with Gasteiger partial charge in [0.1, 0.15) is 5.92 Å². The van der Waals surface area contributed by atoms with Gasteiger partial charge in [-0.1, -0.05) is 42.1 Å². The van der Waals surface area contributed by atoms with Crippen molar-refractivity contribution in [3.05, 3.63) is 46.1 Å². The number of hydrazine groups is 1. The van der Waals surface area contributed by atoms with Gasteiger partial charge < -0.3 is 0 Å². The molecular weight excluding hydrogens is 397 g/mol. The molecule has 4 rings (SSSR count). The molecule has 0 saturated carbocycles. The normalized spacial score (nSPS) is 22.9. The van der Waals surface area contributed by atoms with Crippen LogP contribution in [0.4, 0.5) is 5.82 Å². The monoisotopic (exact) mass is 419 g/mol. The van der Waals surface area contributed by atoms with Crippen molar-refractivity contribution in [3.8, 4) is 0 Å². The molecule has 2 aromatic rings. The molecule has 2 atom stereocenters. The summed E-state index contributed by atoms with van der Waals surface area (Å²) in [6.45, 7) is 3.64. The molecule has 0 spiro atoms. The summed E-state index contributed by atoms with van der Waals surface area (Å²) in [5.74, 6) is 0.181. The van der Waals surface area contributed by atoms with Crippen LogP contribution in [-0.4, -0.2) is 39.5 Å². The van der Waals surface area contributed by atoms with E-state index in [1.807, 2.05) is 30.1 Å². The molecular formula is C20H23Cl2N5O. The molecule has 28 heavy (non-hydrogen) atoms. The van der Waals surface area contributed by atoms with Crippen molar-refractivity contribution in [2.75, 3.05) is 13.1 Å². The molecule has 0 radical (unpaired) electrons. The standard InChI is InChI=1S/C20H23Cl2N5O/c1-13-18(20(28)25-26-10-4-2-3-5-11-26)19(27-17(24-13)8-9-23-27)14-6-7-15(21)16(22)12-14/h6-9,12,18-19H,2-5,10-11H2,1H3,(H,25,28). The predicted molar refractivity (Wildman–Crippen MR) is 111 cm³/mol. The minimum Gasteiger partial charge on any atom is -0.288 e. The van der Waals surface area contributed by atoms with E-state index in [2.05, 4.69) is 15.5 Å². The Morgan fingerprint density at radius 3 is 2.57 bits per heavy atom. The number of aromatic nitrogens is 2. The SMILES string of the molecule is CC1=Nc2ccnn2C(c2ccc(Cl)c(Cl)c2)C1C(=O)NN1CCCCCC1. The fourth-order valence-corrected chi connectivity index (χ4v) is 4.31. The van der Waals surface area contributed by atoms with Gasteiger partial charge in [0.2, 0.25) is 5.91 Å². The smallest absolute Gasteiger partial charge is 0.245 e. The zero-order valence-corrected chi connectivity index (χ0v) is 17.2. The van der Waals surface area contributed by atoms with Crippen molar-refractivity contribution >= 4 is 40.6 Å². The second-order valence-corrected chi connectivity index (χ2v) is 8.17. The maximum atomic E-state index is 13.3. The summed E-state index contributed by atoms with van der Waals surface area (Å²) in [5, 5.41) is 7.41. The molecule has 2 aliphatic heterocycles. The number of nitrogens with zero attached hydrogens (tertiary/aromatic N) is 4. The van der Waals surface area contributed by atoms with Crippen LogP contribution in [0.3, 0.4) is 0 Å². The van der Waals surface area contributed by atoms with Gasteiger partial charge in [0.25, 0.3) is 0 Å². The van der Waals surface area contributed by atoms with Crippen molar-refractivity contribution in [2.24, 2.45) is 10.9 Å². The molecule has 1 fully saturated rings. The van der Waals surface area contributed by atoms with Crippen LogP contribution in [0.2, 0.25) is 10.0 Å². The summed E-state index contributed by atoms with van der Waals surface area (Å²) in [6, 6.07) is 6.98. The van der Waals surface area contributed by atoms with E-state index in [-0.39, 0.29) is 11.9 Å². The molecule has 1 N–H and O–H groups in total. The van der Waals surface area contributed by atoms with Gasteiger partial charge in [-0.25, -0.2) is 14.7 Å². The lowest BCUT2D eigenvalue weighted by Crippen LogP contribution is -2.49. The zero-order chi connectivity index (χ0) is 19.7. The number of fused-ring (bicyclic) bond motifs is 1. The maximum absolute atomic E-state index is 13.3. The second-order valence-electron chi connectivity index (χ2n) is 7.36. The minimum absolute atomic E-state index is 0.0691. The molecule has 0 aliphatic carbocycles. The quantitative estimate of drug-likeness (QED) is 0.800. The Morgan fingerprint density at radius 2 is 1.86 bits per heavy atom. The summed E-state index contributed by atoms with van der Waals surface area (Å²) in [6.07, 6.45) is 6.30. The lowest BCUT2D eigenvalue weighted by Gasteiger charge is -2.33. The molecule has 1 saturated heterocycles. The average molecular weight is 420 g/mol. The van der Waals surface area contributed by atoms with Crippen LogP contribution in [-0.2, 0) is 4.79 Å². The summed E-state index contributed by atoms with van der Waals surface area (Å²) >= 11 is 12.4. The highest BCUT2D eigenvalue weighted by Gasteiger charge is 2.38. The van der Waals surface area contributed by atoms with Crippen LogP contribution in [0.1, 0.15) is 44.2 Å². The largest absolute Gasteiger partial charge is 0.288 e. The number of halogens is 2. The minimum atomic E-state index is -0.479. The van der Waals surface area contributed by atoms with Crippen LogP contribution in [0.25, 0.3) is 0 Å². The zero-order valence-electron chi connectivity index (χ0n) is 15.7. The molecule has 2 aliphatic rings. The van der Waals surface area contributed by atoms with Gasteiger partial charge in [-0.05, 0) is 37.5 Å². The van der Waals surface area contributed by atoms with Crippen molar-refractivity contribution in [3.63, 3.8) is 0 Å². The first kappa shape index (κ1) is 19.4. The third-order valence-corrected chi connectivity index (χ3v) is 6.15. The van der Waals surface area contributed by atoms with E-state index in [4.69, 9.17) is 23.2 Å². The topological polar surface area (TPSA) is 62.5 Å². The number of carbonyl (C=O) groups is 1. The molecule has 148 valence electrons. The van der Waals surface area contributed by atoms with Crippen molar-refractivity contribution in [1.29, 1.82) is 0 Å². The van der Waals surface area contributed by atoms with E-state index in [9.17, 15) is 4.79 Å². The summed E-state index contributed by atoms with van der Waals surface area (Å²) in [7, 11) is 0. The van der Waals surface area contributed by atoms with E-state index in [0.29, 0.717) is 10.0 Å². The molecule has 1 aromatic heterocycles. The summed E-state index contributed by atoms with van der Waals surface area (Å²) < 4.78 is 1.79. The van der Waals surface area contributed by atoms with E-state index in [1.54, 1.807) is 16.9 Å².